The molecule has 0 spiro atoms. The number of carbonyl (C=O) groups excluding carboxylic acids is 1. The molecular weight excluding hydrogens is 290 g/mol. The Morgan fingerprint density at radius 3 is 2.39 bits per heavy atom. The van der Waals surface area contributed by atoms with Gasteiger partial charge in [0.1, 0.15) is 0 Å². The highest BCUT2D eigenvalue weighted by Gasteiger charge is 2.34. The van der Waals surface area contributed by atoms with Crippen molar-refractivity contribution in [1.82, 2.24) is 5.32 Å². The fourth-order valence-electron chi connectivity index (χ4n) is 3.30. The maximum atomic E-state index is 12.5. The van der Waals surface area contributed by atoms with Gasteiger partial charge < -0.3 is 14.8 Å². The van der Waals surface area contributed by atoms with Crippen molar-refractivity contribution in [3.05, 3.63) is 59.7 Å². The number of piperidine rings is 1. The first kappa shape index (κ1) is 15.4. The van der Waals surface area contributed by atoms with Gasteiger partial charge in [0.15, 0.2) is 11.5 Å². The lowest BCUT2D eigenvalue weighted by Gasteiger charge is -2.32. The topological polar surface area (TPSA) is 47.6 Å². The molecule has 0 bridgehead atoms. The second-order valence-corrected chi connectivity index (χ2v) is 5.69. The summed E-state index contributed by atoms with van der Waals surface area (Å²) in [5, 5.41) is 2.99. The number of benzene rings is 2. The molecule has 1 aliphatic heterocycles. The molecule has 0 unspecified atom stereocenters. The summed E-state index contributed by atoms with van der Waals surface area (Å²) < 4.78 is 10.7. The van der Waals surface area contributed by atoms with Crippen LogP contribution in [0.4, 0.5) is 0 Å². The van der Waals surface area contributed by atoms with Crippen LogP contribution in [-0.4, -0.2) is 26.7 Å². The Kier molecular flexibility index (Phi) is 4.51. The van der Waals surface area contributed by atoms with Crippen LogP contribution in [0.1, 0.15) is 29.4 Å². The molecule has 120 valence electrons. The summed E-state index contributed by atoms with van der Waals surface area (Å²) >= 11 is 0. The predicted molar refractivity (Wildman–Crippen MR) is 89.1 cm³/mol. The molecule has 1 fully saturated rings. The van der Waals surface area contributed by atoms with E-state index in [9.17, 15) is 4.79 Å². The van der Waals surface area contributed by atoms with E-state index in [4.69, 9.17) is 9.47 Å². The Bertz CT molecular complexity index is 684. The molecule has 1 N–H and O–H groups in total. The SMILES string of the molecule is COc1ccc([C@H]2C(=O)NCC[C@@H]2c2ccccc2)cc1OC. The number of carbonyl (C=O) groups is 1. The zero-order valence-electron chi connectivity index (χ0n) is 13.4. The molecule has 0 aromatic heterocycles. The molecule has 0 radical (unpaired) electrons. The van der Waals surface area contributed by atoms with E-state index in [2.05, 4.69) is 17.4 Å². The number of rotatable bonds is 4. The normalized spacial score (nSPS) is 20.7. The van der Waals surface area contributed by atoms with E-state index in [-0.39, 0.29) is 17.7 Å². The van der Waals surface area contributed by atoms with Gasteiger partial charge in [-0.25, -0.2) is 0 Å². The van der Waals surface area contributed by atoms with E-state index in [0.29, 0.717) is 18.0 Å². The zero-order valence-corrected chi connectivity index (χ0v) is 13.4. The zero-order chi connectivity index (χ0) is 16.2. The van der Waals surface area contributed by atoms with Crippen molar-refractivity contribution in [3.8, 4) is 11.5 Å². The van der Waals surface area contributed by atoms with Crippen LogP contribution in [0, 0.1) is 0 Å². The summed E-state index contributed by atoms with van der Waals surface area (Å²) in [5.41, 5.74) is 2.15. The van der Waals surface area contributed by atoms with Crippen LogP contribution in [0.2, 0.25) is 0 Å². The molecule has 2 aromatic carbocycles. The minimum absolute atomic E-state index is 0.0670. The van der Waals surface area contributed by atoms with Crippen molar-refractivity contribution in [3.63, 3.8) is 0 Å². The van der Waals surface area contributed by atoms with Crippen LogP contribution in [0.5, 0.6) is 11.5 Å². The second-order valence-electron chi connectivity index (χ2n) is 5.69. The predicted octanol–water partition coefficient (Wildman–Crippen LogP) is 3.09. The smallest absolute Gasteiger partial charge is 0.228 e. The van der Waals surface area contributed by atoms with Crippen LogP contribution < -0.4 is 14.8 Å². The molecule has 0 saturated carbocycles. The van der Waals surface area contributed by atoms with Gasteiger partial charge in [0.2, 0.25) is 5.91 Å². The molecule has 1 aliphatic rings. The van der Waals surface area contributed by atoms with Crippen molar-refractivity contribution < 1.29 is 14.3 Å². The third-order valence-electron chi connectivity index (χ3n) is 4.43. The van der Waals surface area contributed by atoms with E-state index in [1.165, 1.54) is 5.56 Å². The molecule has 4 nitrogen and oxygen atoms in total. The number of amides is 1. The quantitative estimate of drug-likeness (QED) is 0.944. The van der Waals surface area contributed by atoms with Crippen molar-refractivity contribution in [2.75, 3.05) is 20.8 Å². The van der Waals surface area contributed by atoms with E-state index in [0.717, 1.165) is 12.0 Å². The number of ether oxygens (including phenoxy) is 2. The Hall–Kier alpha value is -2.49. The van der Waals surface area contributed by atoms with Crippen LogP contribution >= 0.6 is 0 Å². The molecule has 2 aromatic rings. The first-order chi connectivity index (χ1) is 11.2. The van der Waals surface area contributed by atoms with Gasteiger partial charge in [0.25, 0.3) is 0 Å². The van der Waals surface area contributed by atoms with Crippen molar-refractivity contribution in [1.29, 1.82) is 0 Å². The maximum Gasteiger partial charge on any atom is 0.228 e. The van der Waals surface area contributed by atoms with E-state index >= 15 is 0 Å². The van der Waals surface area contributed by atoms with Crippen LogP contribution in [0.15, 0.2) is 48.5 Å². The maximum absolute atomic E-state index is 12.5. The number of hydrogen-bond donors (Lipinski definition) is 1. The fourth-order valence-corrected chi connectivity index (χ4v) is 3.30. The van der Waals surface area contributed by atoms with E-state index in [1.807, 2.05) is 36.4 Å². The summed E-state index contributed by atoms with van der Waals surface area (Å²) in [5.74, 6) is 1.34. The minimum Gasteiger partial charge on any atom is -0.493 e. The third kappa shape index (κ3) is 3.02. The highest BCUT2D eigenvalue weighted by molar-refractivity contribution is 5.86. The molecule has 1 heterocycles. The van der Waals surface area contributed by atoms with E-state index in [1.54, 1.807) is 14.2 Å². The summed E-state index contributed by atoms with van der Waals surface area (Å²) in [6.45, 7) is 0.710. The molecule has 23 heavy (non-hydrogen) atoms. The van der Waals surface area contributed by atoms with Gasteiger partial charge in [-0.2, -0.15) is 0 Å². The highest BCUT2D eigenvalue weighted by atomic mass is 16.5. The van der Waals surface area contributed by atoms with Gasteiger partial charge in [-0.1, -0.05) is 36.4 Å². The molecule has 1 saturated heterocycles. The summed E-state index contributed by atoms with van der Waals surface area (Å²) in [6, 6.07) is 15.9. The molecule has 4 heteroatoms. The first-order valence-electron chi connectivity index (χ1n) is 7.79. The van der Waals surface area contributed by atoms with Crippen molar-refractivity contribution >= 4 is 5.91 Å². The van der Waals surface area contributed by atoms with Gasteiger partial charge in [-0.05, 0) is 29.7 Å². The minimum atomic E-state index is -0.217. The lowest BCUT2D eigenvalue weighted by molar-refractivity contribution is -0.124. The number of nitrogens with one attached hydrogen (secondary N) is 1. The Labute approximate surface area is 136 Å². The van der Waals surface area contributed by atoms with Gasteiger partial charge in [-0.3, -0.25) is 4.79 Å². The molecule has 3 rings (SSSR count). The molecule has 2 atom stereocenters. The van der Waals surface area contributed by atoms with E-state index < -0.39 is 0 Å². The lowest BCUT2D eigenvalue weighted by Crippen LogP contribution is -2.39. The Morgan fingerprint density at radius 1 is 0.957 bits per heavy atom. The van der Waals surface area contributed by atoms with Gasteiger partial charge >= 0.3 is 0 Å². The van der Waals surface area contributed by atoms with Crippen LogP contribution in [0.3, 0.4) is 0 Å². The highest BCUT2D eigenvalue weighted by Crippen LogP contribution is 2.40. The average Bonchev–Trinajstić information content (AvgIpc) is 2.61. The summed E-state index contributed by atoms with van der Waals surface area (Å²) in [6.07, 6.45) is 0.925. The second kappa shape index (κ2) is 6.73. The van der Waals surface area contributed by atoms with Crippen molar-refractivity contribution in [2.45, 2.75) is 18.3 Å². The summed E-state index contributed by atoms with van der Waals surface area (Å²) in [4.78, 5) is 12.5. The molecule has 1 amide bonds. The largest absolute Gasteiger partial charge is 0.493 e. The Morgan fingerprint density at radius 2 is 1.70 bits per heavy atom. The third-order valence-corrected chi connectivity index (χ3v) is 4.43. The average molecular weight is 311 g/mol. The Balaban J connectivity index is 2.01. The van der Waals surface area contributed by atoms with Gasteiger partial charge in [-0.15, -0.1) is 0 Å². The number of methoxy groups -OCH3 is 2. The van der Waals surface area contributed by atoms with Crippen molar-refractivity contribution in [2.24, 2.45) is 0 Å². The van der Waals surface area contributed by atoms with Gasteiger partial charge in [0.05, 0.1) is 20.1 Å². The van der Waals surface area contributed by atoms with Crippen LogP contribution in [0.25, 0.3) is 0 Å². The standard InChI is InChI=1S/C19H21NO3/c1-22-16-9-8-14(12-17(16)23-2)18-15(10-11-20-19(18)21)13-6-4-3-5-7-13/h3-9,12,15,18H,10-11H2,1-2H3,(H,20,21)/t15-,18-/m1/s1. The van der Waals surface area contributed by atoms with Gasteiger partial charge in [0, 0.05) is 12.5 Å². The lowest BCUT2D eigenvalue weighted by atomic mass is 9.77. The number of hydrogen-bond acceptors (Lipinski definition) is 3. The molecule has 0 aliphatic carbocycles. The molecular formula is C19H21NO3. The van der Waals surface area contributed by atoms with Crippen LogP contribution in [-0.2, 0) is 4.79 Å². The monoisotopic (exact) mass is 311 g/mol. The summed E-state index contributed by atoms with van der Waals surface area (Å²) in [7, 11) is 3.22. The first-order valence-corrected chi connectivity index (χ1v) is 7.79. The fraction of sp³-hybridized carbons (Fsp3) is 0.316.